The number of aliphatic imine (C=N–C) groups is 1. The number of amides is 1. The molecule has 1 amide bonds. The lowest BCUT2D eigenvalue weighted by Gasteiger charge is -2.20. The highest BCUT2D eigenvalue weighted by Crippen LogP contribution is 2.20. The molecule has 168 valence electrons. The van der Waals surface area contributed by atoms with E-state index in [0.29, 0.717) is 12.6 Å². The van der Waals surface area contributed by atoms with Crippen LogP contribution in [-0.4, -0.2) is 38.0 Å². The molecule has 6 nitrogen and oxygen atoms in total. The van der Waals surface area contributed by atoms with Gasteiger partial charge in [0, 0.05) is 50.0 Å². The van der Waals surface area contributed by atoms with Crippen LogP contribution >= 0.6 is 24.0 Å². The second-order valence-electron chi connectivity index (χ2n) is 8.18. The molecule has 1 aliphatic rings. The molecule has 1 saturated heterocycles. The van der Waals surface area contributed by atoms with Crippen LogP contribution < -0.4 is 20.9 Å². The number of guanidine groups is 1. The number of aryl methyl sites for hydroxylation is 1. The van der Waals surface area contributed by atoms with Crippen molar-refractivity contribution >= 4 is 47.2 Å². The van der Waals surface area contributed by atoms with E-state index in [0.717, 1.165) is 36.7 Å². The fraction of sp³-hybridized carbons (Fsp3) is 0.417. The van der Waals surface area contributed by atoms with Gasteiger partial charge in [-0.05, 0) is 43.2 Å². The van der Waals surface area contributed by atoms with Gasteiger partial charge in [0.2, 0.25) is 5.91 Å². The molecule has 2 aromatic carbocycles. The molecule has 3 rings (SSSR count). The lowest BCUT2D eigenvalue weighted by atomic mass is 10.1. The van der Waals surface area contributed by atoms with Crippen LogP contribution in [0.3, 0.4) is 0 Å². The molecule has 3 N–H and O–H groups in total. The van der Waals surface area contributed by atoms with Gasteiger partial charge < -0.3 is 20.9 Å². The van der Waals surface area contributed by atoms with Crippen LogP contribution in [0, 0.1) is 12.8 Å². The monoisotopic (exact) mass is 535 g/mol. The van der Waals surface area contributed by atoms with E-state index in [9.17, 15) is 4.79 Å². The summed E-state index contributed by atoms with van der Waals surface area (Å²) in [7, 11) is 1.80. The Morgan fingerprint density at radius 1 is 1.13 bits per heavy atom. The van der Waals surface area contributed by atoms with Gasteiger partial charge >= 0.3 is 0 Å². The van der Waals surface area contributed by atoms with E-state index in [1.54, 1.807) is 7.05 Å². The zero-order chi connectivity index (χ0) is 21.5. The fourth-order valence-electron chi connectivity index (χ4n) is 3.43. The van der Waals surface area contributed by atoms with Gasteiger partial charge in [0.05, 0.1) is 0 Å². The smallest absolute Gasteiger partial charge is 0.226 e. The molecule has 0 radical (unpaired) electrons. The summed E-state index contributed by atoms with van der Waals surface area (Å²) in [6, 6.07) is 17.0. The first-order valence-electron chi connectivity index (χ1n) is 10.6. The quantitative estimate of drug-likeness (QED) is 0.296. The first-order chi connectivity index (χ1) is 14.4. The van der Waals surface area contributed by atoms with Crippen LogP contribution in [0.5, 0.6) is 0 Å². The van der Waals surface area contributed by atoms with E-state index in [-0.39, 0.29) is 35.8 Å². The highest BCUT2D eigenvalue weighted by molar-refractivity contribution is 14.0. The minimum absolute atomic E-state index is 0. The van der Waals surface area contributed by atoms with Gasteiger partial charge in [-0.1, -0.05) is 43.7 Å². The lowest BCUT2D eigenvalue weighted by molar-refractivity contribution is -0.118. The summed E-state index contributed by atoms with van der Waals surface area (Å²) in [5.74, 6) is 0.808. The molecule has 1 atom stereocenters. The number of nitrogens with zero attached hydrogens (tertiary/aromatic N) is 2. The van der Waals surface area contributed by atoms with Gasteiger partial charge in [-0.15, -0.1) is 24.0 Å². The van der Waals surface area contributed by atoms with Gasteiger partial charge in [-0.25, -0.2) is 0 Å². The molecule has 2 aromatic rings. The van der Waals surface area contributed by atoms with Crippen LogP contribution in [-0.2, 0) is 11.3 Å². The van der Waals surface area contributed by atoms with Crippen LogP contribution in [0.2, 0.25) is 0 Å². The minimum atomic E-state index is -0.0294. The molecule has 31 heavy (non-hydrogen) atoms. The Hall–Kier alpha value is -2.29. The van der Waals surface area contributed by atoms with Crippen molar-refractivity contribution in [1.82, 2.24) is 10.6 Å². The third kappa shape index (κ3) is 7.41. The molecule has 0 aliphatic carbocycles. The number of hydrogen-bond acceptors (Lipinski definition) is 3. The van der Waals surface area contributed by atoms with Crippen molar-refractivity contribution in [3.63, 3.8) is 0 Å². The average molecular weight is 535 g/mol. The number of hydrogen-bond donors (Lipinski definition) is 3. The van der Waals surface area contributed by atoms with Crippen molar-refractivity contribution in [2.75, 3.05) is 30.4 Å². The van der Waals surface area contributed by atoms with E-state index in [4.69, 9.17) is 0 Å². The number of carbonyl (C=O) groups excluding carboxylic acids is 1. The Morgan fingerprint density at radius 3 is 2.42 bits per heavy atom. The summed E-state index contributed by atoms with van der Waals surface area (Å²) in [6.07, 6.45) is 1.08. The Labute approximate surface area is 202 Å². The van der Waals surface area contributed by atoms with E-state index in [2.05, 4.69) is 57.0 Å². The maximum absolute atomic E-state index is 11.8. The molecule has 7 heteroatoms. The predicted molar refractivity (Wildman–Crippen MR) is 140 cm³/mol. The second kappa shape index (κ2) is 11.9. The zero-order valence-corrected chi connectivity index (χ0v) is 21.1. The zero-order valence-electron chi connectivity index (χ0n) is 18.8. The van der Waals surface area contributed by atoms with E-state index in [1.165, 1.54) is 11.3 Å². The molecule has 0 aromatic heterocycles. The van der Waals surface area contributed by atoms with E-state index < -0.39 is 0 Å². The molecule has 1 aliphatic heterocycles. The molecule has 1 fully saturated rings. The first kappa shape index (κ1) is 25.0. The third-order valence-corrected chi connectivity index (χ3v) is 5.36. The molecule has 0 spiro atoms. The molecule has 0 saturated carbocycles. The summed E-state index contributed by atoms with van der Waals surface area (Å²) >= 11 is 0. The summed E-state index contributed by atoms with van der Waals surface area (Å²) in [5.41, 5.74) is 4.51. The van der Waals surface area contributed by atoms with E-state index >= 15 is 0 Å². The van der Waals surface area contributed by atoms with Crippen LogP contribution in [0.15, 0.2) is 53.5 Å². The van der Waals surface area contributed by atoms with Gasteiger partial charge in [0.1, 0.15) is 0 Å². The number of benzene rings is 2. The van der Waals surface area contributed by atoms with Crippen LogP contribution in [0.25, 0.3) is 0 Å². The highest BCUT2D eigenvalue weighted by atomic mass is 127. The van der Waals surface area contributed by atoms with Gasteiger partial charge in [0.25, 0.3) is 0 Å². The molecule has 1 unspecified atom stereocenters. The maximum Gasteiger partial charge on any atom is 0.226 e. The predicted octanol–water partition coefficient (Wildman–Crippen LogP) is 4.15. The average Bonchev–Trinajstić information content (AvgIpc) is 3.21. The maximum atomic E-state index is 11.8. The lowest BCUT2D eigenvalue weighted by Crippen LogP contribution is -2.44. The number of carbonyl (C=O) groups is 1. The number of nitrogens with one attached hydrogen (secondary N) is 3. The Balaban J connectivity index is 0.00000341. The van der Waals surface area contributed by atoms with Crippen LogP contribution in [0.4, 0.5) is 11.4 Å². The third-order valence-electron chi connectivity index (χ3n) is 5.36. The summed E-state index contributed by atoms with van der Waals surface area (Å²) in [4.78, 5) is 18.6. The fourth-order valence-corrected chi connectivity index (χ4v) is 3.43. The first-order valence-corrected chi connectivity index (χ1v) is 10.6. The Kier molecular flexibility index (Phi) is 9.61. The SMILES string of the molecule is CN=C(NCc1ccc(NC(=O)C(C)C)cc1)NC1CCN(c2ccc(C)cc2)C1.I. The molecule has 0 bridgehead atoms. The summed E-state index contributed by atoms with van der Waals surface area (Å²) in [5, 5.41) is 9.84. The highest BCUT2D eigenvalue weighted by Gasteiger charge is 2.23. The second-order valence-corrected chi connectivity index (χ2v) is 8.18. The summed E-state index contributed by atoms with van der Waals surface area (Å²) < 4.78 is 0. The normalized spacial score (nSPS) is 16.1. The topological polar surface area (TPSA) is 68.8 Å². The van der Waals surface area contributed by atoms with Crippen molar-refractivity contribution in [3.8, 4) is 0 Å². The standard InChI is InChI=1S/C24H33N5O.HI/c1-17(2)23(30)27-20-9-7-19(8-10-20)15-26-24(25-4)28-21-13-14-29(16-21)22-11-5-18(3)6-12-22;/h5-12,17,21H,13-16H2,1-4H3,(H,27,30)(H2,25,26,28);1H. The van der Waals surface area contributed by atoms with Crippen LogP contribution in [0.1, 0.15) is 31.4 Å². The minimum Gasteiger partial charge on any atom is -0.369 e. The largest absolute Gasteiger partial charge is 0.369 e. The molecular weight excluding hydrogens is 501 g/mol. The van der Waals surface area contributed by atoms with Crippen molar-refractivity contribution in [2.45, 2.75) is 39.8 Å². The van der Waals surface area contributed by atoms with Gasteiger partial charge in [-0.2, -0.15) is 0 Å². The van der Waals surface area contributed by atoms with Crippen molar-refractivity contribution < 1.29 is 4.79 Å². The van der Waals surface area contributed by atoms with E-state index in [1.807, 2.05) is 38.1 Å². The molecule has 1 heterocycles. The number of anilines is 2. The number of halogens is 1. The van der Waals surface area contributed by atoms with Crippen molar-refractivity contribution in [2.24, 2.45) is 10.9 Å². The van der Waals surface area contributed by atoms with Gasteiger partial charge in [0.15, 0.2) is 5.96 Å². The van der Waals surface area contributed by atoms with Crippen molar-refractivity contribution in [1.29, 1.82) is 0 Å². The summed E-state index contributed by atoms with van der Waals surface area (Å²) in [6.45, 7) is 8.57. The Morgan fingerprint density at radius 2 is 1.81 bits per heavy atom. The number of rotatable bonds is 6. The molecular formula is C24H34IN5O. The Bertz CT molecular complexity index is 865. The van der Waals surface area contributed by atoms with Gasteiger partial charge in [-0.3, -0.25) is 9.79 Å². The van der Waals surface area contributed by atoms with Crippen molar-refractivity contribution in [3.05, 3.63) is 59.7 Å².